The average molecular weight is 573 g/mol. The van der Waals surface area contributed by atoms with Gasteiger partial charge in [0.05, 0.1) is 11.5 Å². The third-order valence-corrected chi connectivity index (χ3v) is 7.15. The molecule has 0 aliphatic heterocycles. The SMILES string of the molecule is O=C(NCCCC(O)c1nc2ccccc2o1)C(CS(=O)(=O)Cc1ccccc1)NC(=S)NCC(F)(F)F. The number of alkyl halides is 3. The van der Waals surface area contributed by atoms with Crippen LogP contribution < -0.4 is 16.0 Å². The number of fused-ring (bicyclic) bond motifs is 1. The quantitative estimate of drug-likeness (QED) is 0.191. The number of nitrogens with one attached hydrogen (secondary N) is 3. The van der Waals surface area contributed by atoms with Crippen molar-refractivity contribution in [3.63, 3.8) is 0 Å². The number of carbonyl (C=O) groups excluding carboxylic acids is 1. The Labute approximate surface area is 222 Å². The normalized spacial score (nSPS) is 13.6. The van der Waals surface area contributed by atoms with Gasteiger partial charge in [-0.3, -0.25) is 4.79 Å². The summed E-state index contributed by atoms with van der Waals surface area (Å²) in [6.07, 6.45) is -5.12. The maximum atomic E-state index is 12.8. The zero-order valence-electron chi connectivity index (χ0n) is 20.1. The summed E-state index contributed by atoms with van der Waals surface area (Å²) >= 11 is 4.84. The minimum atomic E-state index is -4.56. The van der Waals surface area contributed by atoms with Crippen molar-refractivity contribution in [2.24, 2.45) is 0 Å². The lowest BCUT2D eigenvalue weighted by Gasteiger charge is -2.21. The highest BCUT2D eigenvalue weighted by Crippen LogP contribution is 2.22. The number of sulfone groups is 1. The maximum Gasteiger partial charge on any atom is 0.405 e. The lowest BCUT2D eigenvalue weighted by atomic mass is 10.2. The molecule has 0 bridgehead atoms. The van der Waals surface area contributed by atoms with Crippen molar-refractivity contribution in [1.82, 2.24) is 20.9 Å². The van der Waals surface area contributed by atoms with Crippen LogP contribution in [0.5, 0.6) is 0 Å². The van der Waals surface area contributed by atoms with Gasteiger partial charge in [0.2, 0.25) is 11.8 Å². The van der Waals surface area contributed by atoms with Crippen molar-refractivity contribution in [3.8, 4) is 0 Å². The first kappa shape index (κ1) is 29.3. The third-order valence-electron chi connectivity index (χ3n) is 5.27. The van der Waals surface area contributed by atoms with Gasteiger partial charge in [-0.25, -0.2) is 13.4 Å². The van der Waals surface area contributed by atoms with Gasteiger partial charge in [-0.1, -0.05) is 42.5 Å². The number of halogens is 3. The molecule has 0 radical (unpaired) electrons. The highest BCUT2D eigenvalue weighted by Gasteiger charge is 2.30. The van der Waals surface area contributed by atoms with Crippen molar-refractivity contribution in [2.75, 3.05) is 18.8 Å². The molecule has 0 aliphatic rings. The molecule has 14 heteroatoms. The molecular weight excluding hydrogens is 545 g/mol. The molecule has 3 aromatic rings. The second kappa shape index (κ2) is 13.0. The molecule has 0 saturated heterocycles. The van der Waals surface area contributed by atoms with Gasteiger partial charge in [-0.15, -0.1) is 0 Å². The Morgan fingerprint density at radius 3 is 2.45 bits per heavy atom. The Balaban J connectivity index is 1.57. The summed E-state index contributed by atoms with van der Waals surface area (Å²) in [6.45, 7) is -1.40. The van der Waals surface area contributed by atoms with Gasteiger partial charge in [0.15, 0.2) is 20.5 Å². The lowest BCUT2D eigenvalue weighted by molar-refractivity contribution is -0.122. The molecule has 0 saturated carbocycles. The van der Waals surface area contributed by atoms with E-state index in [-0.39, 0.29) is 31.0 Å². The molecule has 9 nitrogen and oxygen atoms in total. The summed E-state index contributed by atoms with van der Waals surface area (Å²) in [4.78, 5) is 17.0. The Morgan fingerprint density at radius 1 is 1.08 bits per heavy atom. The van der Waals surface area contributed by atoms with Crippen molar-refractivity contribution >= 4 is 44.2 Å². The minimum Gasteiger partial charge on any atom is -0.438 e. The molecule has 2 unspecified atom stereocenters. The molecule has 1 amide bonds. The van der Waals surface area contributed by atoms with Crippen LogP contribution in [0.1, 0.15) is 30.4 Å². The average Bonchev–Trinajstić information content (AvgIpc) is 3.29. The number of aromatic nitrogens is 1. The summed E-state index contributed by atoms with van der Waals surface area (Å²) in [5.74, 6) is -1.70. The van der Waals surface area contributed by atoms with E-state index in [9.17, 15) is 31.5 Å². The van der Waals surface area contributed by atoms with E-state index >= 15 is 0 Å². The van der Waals surface area contributed by atoms with Crippen molar-refractivity contribution in [1.29, 1.82) is 0 Å². The van der Waals surface area contributed by atoms with E-state index in [0.29, 0.717) is 16.7 Å². The summed E-state index contributed by atoms with van der Waals surface area (Å²) in [5, 5.41) is 16.7. The van der Waals surface area contributed by atoms with Crippen LogP contribution in [0.25, 0.3) is 11.1 Å². The van der Waals surface area contributed by atoms with Crippen LogP contribution in [0.2, 0.25) is 0 Å². The van der Waals surface area contributed by atoms with Gasteiger partial charge in [-0.2, -0.15) is 13.2 Å². The number of benzene rings is 2. The monoisotopic (exact) mass is 572 g/mol. The van der Waals surface area contributed by atoms with E-state index in [1.807, 2.05) is 5.32 Å². The second-order valence-electron chi connectivity index (χ2n) is 8.50. The van der Waals surface area contributed by atoms with Crippen LogP contribution in [-0.2, 0) is 20.4 Å². The predicted molar refractivity (Wildman–Crippen MR) is 139 cm³/mol. The standard InChI is InChI=1S/C24H27F3N4O5S2/c25-24(26,27)15-29-23(37)31-18(14-38(34,35)13-16-7-2-1-3-8-16)21(33)28-12-6-10-19(32)22-30-17-9-4-5-11-20(17)36-22/h1-5,7-9,11,18-19,32H,6,10,12-15H2,(H,28,33)(H2,29,31,37). The molecule has 2 aromatic carbocycles. The third kappa shape index (κ3) is 9.58. The van der Waals surface area contributed by atoms with E-state index in [1.165, 1.54) is 0 Å². The fraction of sp³-hybridized carbons (Fsp3) is 0.375. The van der Waals surface area contributed by atoms with Crippen molar-refractivity contribution < 1.29 is 35.9 Å². The Kier molecular flexibility index (Phi) is 10.1. The Morgan fingerprint density at radius 2 is 1.76 bits per heavy atom. The number of rotatable bonds is 12. The van der Waals surface area contributed by atoms with Crippen LogP contribution in [0.15, 0.2) is 59.0 Å². The number of aliphatic hydroxyl groups is 1. The van der Waals surface area contributed by atoms with Gasteiger partial charge in [0.1, 0.15) is 24.2 Å². The number of nitrogens with zero attached hydrogens (tertiary/aromatic N) is 1. The number of hydrogen-bond donors (Lipinski definition) is 4. The highest BCUT2D eigenvalue weighted by molar-refractivity contribution is 7.90. The number of thiocarbonyl (C=S) groups is 1. The maximum absolute atomic E-state index is 12.8. The Bertz CT molecular complexity index is 1300. The number of oxazole rings is 1. The van der Waals surface area contributed by atoms with Gasteiger partial charge in [0, 0.05) is 6.54 Å². The second-order valence-corrected chi connectivity index (χ2v) is 11.0. The molecule has 38 heavy (non-hydrogen) atoms. The zero-order chi connectivity index (χ0) is 27.8. The van der Waals surface area contributed by atoms with E-state index in [4.69, 9.17) is 16.6 Å². The lowest BCUT2D eigenvalue weighted by Crippen LogP contribution is -2.54. The molecule has 2 atom stereocenters. The summed E-state index contributed by atoms with van der Waals surface area (Å²) in [5.41, 5.74) is 1.61. The molecule has 0 spiro atoms. The molecule has 206 valence electrons. The van der Waals surface area contributed by atoms with E-state index in [1.54, 1.807) is 54.6 Å². The summed E-state index contributed by atoms with van der Waals surface area (Å²) in [6, 6.07) is 13.8. The number of hydrogen-bond acceptors (Lipinski definition) is 7. The first-order valence-electron chi connectivity index (χ1n) is 11.6. The molecule has 1 heterocycles. The van der Waals surface area contributed by atoms with Gasteiger partial charge in [-0.05, 0) is 42.8 Å². The van der Waals surface area contributed by atoms with Crippen LogP contribution in [-0.4, -0.2) is 60.6 Å². The highest BCUT2D eigenvalue weighted by atomic mass is 32.2. The van der Waals surface area contributed by atoms with E-state index < -0.39 is 51.5 Å². The fourth-order valence-electron chi connectivity index (χ4n) is 3.50. The zero-order valence-corrected chi connectivity index (χ0v) is 21.7. The predicted octanol–water partition coefficient (Wildman–Crippen LogP) is 2.77. The first-order chi connectivity index (χ1) is 17.9. The van der Waals surface area contributed by atoms with Crippen molar-refractivity contribution in [3.05, 3.63) is 66.1 Å². The molecule has 1 aromatic heterocycles. The summed E-state index contributed by atoms with van der Waals surface area (Å²) < 4.78 is 68.6. The molecule has 0 aliphatic carbocycles. The summed E-state index contributed by atoms with van der Waals surface area (Å²) in [7, 11) is -3.85. The van der Waals surface area contributed by atoms with Crippen LogP contribution in [0, 0.1) is 0 Å². The largest absolute Gasteiger partial charge is 0.438 e. The number of para-hydroxylation sites is 2. The van der Waals surface area contributed by atoms with E-state index in [2.05, 4.69) is 15.6 Å². The van der Waals surface area contributed by atoms with Crippen LogP contribution >= 0.6 is 12.2 Å². The smallest absolute Gasteiger partial charge is 0.405 e. The van der Waals surface area contributed by atoms with Gasteiger partial charge >= 0.3 is 6.18 Å². The number of aliphatic hydroxyl groups excluding tert-OH is 1. The van der Waals surface area contributed by atoms with Gasteiger partial charge in [0.25, 0.3) is 0 Å². The van der Waals surface area contributed by atoms with Crippen LogP contribution in [0.4, 0.5) is 13.2 Å². The fourth-order valence-corrected chi connectivity index (χ4v) is 5.28. The first-order valence-corrected chi connectivity index (χ1v) is 13.8. The molecule has 4 N–H and O–H groups in total. The topological polar surface area (TPSA) is 134 Å². The van der Waals surface area contributed by atoms with Gasteiger partial charge < -0.3 is 25.5 Å². The number of carbonyl (C=O) groups is 1. The van der Waals surface area contributed by atoms with Crippen LogP contribution in [0.3, 0.4) is 0 Å². The molecule has 0 fully saturated rings. The van der Waals surface area contributed by atoms with Crippen molar-refractivity contribution in [2.45, 2.75) is 36.9 Å². The minimum absolute atomic E-state index is 0.0514. The Hall–Kier alpha value is -3.23. The molecule has 3 rings (SSSR count). The molecular formula is C24H27F3N4O5S2. The number of amides is 1. The van der Waals surface area contributed by atoms with E-state index in [0.717, 1.165) is 0 Å².